The van der Waals surface area contributed by atoms with Crippen LogP contribution in [-0.2, 0) is 11.2 Å². The van der Waals surface area contributed by atoms with Crippen LogP contribution in [0, 0.1) is 11.6 Å². The molecule has 0 aliphatic rings. The number of benzene rings is 2. The lowest BCUT2D eigenvalue weighted by atomic mass is 10.1. The van der Waals surface area contributed by atoms with Crippen molar-refractivity contribution >= 4 is 17.5 Å². The molecule has 0 aromatic heterocycles. The van der Waals surface area contributed by atoms with E-state index in [0.717, 1.165) is 17.7 Å². The molecule has 0 atom stereocenters. The topological polar surface area (TPSA) is 58.2 Å². The number of hydrogen-bond donors (Lipinski definition) is 2. The van der Waals surface area contributed by atoms with E-state index in [1.54, 1.807) is 31.3 Å². The van der Waals surface area contributed by atoms with Crippen LogP contribution in [0.1, 0.15) is 15.9 Å². The minimum absolute atomic E-state index is 0.134. The van der Waals surface area contributed by atoms with Gasteiger partial charge in [0, 0.05) is 12.7 Å². The van der Waals surface area contributed by atoms with E-state index < -0.39 is 23.1 Å². The molecule has 22 heavy (non-hydrogen) atoms. The maximum absolute atomic E-state index is 13.5. The first kappa shape index (κ1) is 15.6. The molecule has 4 nitrogen and oxygen atoms in total. The number of hydrogen-bond acceptors (Lipinski definition) is 2. The zero-order chi connectivity index (χ0) is 16.1. The van der Waals surface area contributed by atoms with Crippen LogP contribution in [0.25, 0.3) is 0 Å². The average Bonchev–Trinajstić information content (AvgIpc) is 2.49. The van der Waals surface area contributed by atoms with Crippen LogP contribution < -0.4 is 10.6 Å². The fraction of sp³-hybridized carbons (Fsp3) is 0.125. The van der Waals surface area contributed by atoms with Crippen LogP contribution in [0.5, 0.6) is 0 Å². The molecule has 2 aromatic rings. The summed E-state index contributed by atoms with van der Waals surface area (Å²) in [7, 11) is 1.54. The van der Waals surface area contributed by atoms with Crippen LogP contribution in [0.2, 0.25) is 0 Å². The number of carbonyl (C=O) groups excluding carboxylic acids is 2. The Labute approximate surface area is 126 Å². The minimum atomic E-state index is -0.922. The lowest BCUT2D eigenvalue weighted by Gasteiger charge is -2.08. The second kappa shape index (κ2) is 6.80. The molecule has 0 aliphatic heterocycles. The van der Waals surface area contributed by atoms with Gasteiger partial charge in [0.2, 0.25) is 5.91 Å². The maximum Gasteiger partial charge on any atom is 0.261 e. The van der Waals surface area contributed by atoms with Gasteiger partial charge in [0.25, 0.3) is 5.91 Å². The number of amides is 2. The zero-order valence-corrected chi connectivity index (χ0v) is 11.8. The van der Waals surface area contributed by atoms with Crippen molar-refractivity contribution in [3.8, 4) is 0 Å². The molecule has 114 valence electrons. The van der Waals surface area contributed by atoms with Gasteiger partial charge < -0.3 is 10.6 Å². The van der Waals surface area contributed by atoms with E-state index in [2.05, 4.69) is 10.6 Å². The van der Waals surface area contributed by atoms with Crippen LogP contribution in [0.4, 0.5) is 14.5 Å². The largest absolute Gasteiger partial charge is 0.359 e. The van der Waals surface area contributed by atoms with Crippen molar-refractivity contribution in [3.05, 3.63) is 65.2 Å². The molecular weight excluding hydrogens is 290 g/mol. The molecule has 2 amide bonds. The first-order valence-electron chi connectivity index (χ1n) is 6.56. The predicted molar refractivity (Wildman–Crippen MR) is 78.5 cm³/mol. The summed E-state index contributed by atoms with van der Waals surface area (Å²) in [6.45, 7) is 0. The fourth-order valence-electron chi connectivity index (χ4n) is 1.89. The van der Waals surface area contributed by atoms with Crippen LogP contribution in [0.3, 0.4) is 0 Å². The van der Waals surface area contributed by atoms with Gasteiger partial charge in [-0.15, -0.1) is 0 Å². The Kier molecular flexibility index (Phi) is 4.83. The SMILES string of the molecule is CNC(=O)Cc1ccc(NC(=O)c2c(F)cccc2F)cc1. The second-order valence-corrected chi connectivity index (χ2v) is 4.60. The van der Waals surface area contributed by atoms with Crippen molar-refractivity contribution in [2.45, 2.75) is 6.42 Å². The lowest BCUT2D eigenvalue weighted by molar-refractivity contribution is -0.119. The second-order valence-electron chi connectivity index (χ2n) is 4.60. The Morgan fingerprint density at radius 2 is 1.59 bits per heavy atom. The zero-order valence-electron chi connectivity index (χ0n) is 11.8. The summed E-state index contributed by atoms with van der Waals surface area (Å²) in [5.41, 5.74) is 0.514. The monoisotopic (exact) mass is 304 g/mol. The Morgan fingerprint density at radius 1 is 1.00 bits per heavy atom. The first-order valence-corrected chi connectivity index (χ1v) is 6.56. The van der Waals surface area contributed by atoms with Gasteiger partial charge >= 0.3 is 0 Å². The molecule has 0 bridgehead atoms. The number of carbonyl (C=O) groups is 2. The van der Waals surface area contributed by atoms with Crippen molar-refractivity contribution in [1.82, 2.24) is 5.32 Å². The summed E-state index contributed by atoms with van der Waals surface area (Å²) in [6.07, 6.45) is 0.215. The number of nitrogens with one attached hydrogen (secondary N) is 2. The highest BCUT2D eigenvalue weighted by molar-refractivity contribution is 6.04. The molecule has 0 fully saturated rings. The van der Waals surface area contributed by atoms with Gasteiger partial charge in [0.15, 0.2) is 0 Å². The smallest absolute Gasteiger partial charge is 0.261 e. The number of halogens is 2. The van der Waals surface area contributed by atoms with E-state index in [0.29, 0.717) is 5.69 Å². The molecule has 0 aliphatic carbocycles. The highest BCUT2D eigenvalue weighted by atomic mass is 19.1. The lowest BCUT2D eigenvalue weighted by Crippen LogP contribution is -2.20. The van der Waals surface area contributed by atoms with Crippen molar-refractivity contribution in [1.29, 1.82) is 0 Å². The molecule has 0 heterocycles. The van der Waals surface area contributed by atoms with Crippen molar-refractivity contribution in [2.24, 2.45) is 0 Å². The molecular formula is C16H14F2N2O2. The van der Waals surface area contributed by atoms with Gasteiger partial charge in [-0.25, -0.2) is 8.78 Å². The molecule has 2 aromatic carbocycles. The third-order valence-corrected chi connectivity index (χ3v) is 3.05. The van der Waals surface area contributed by atoms with Gasteiger partial charge in [-0.2, -0.15) is 0 Å². The Bertz CT molecular complexity index is 680. The van der Waals surface area contributed by atoms with Crippen molar-refractivity contribution in [3.63, 3.8) is 0 Å². The molecule has 0 saturated heterocycles. The molecule has 6 heteroatoms. The van der Waals surface area contributed by atoms with Gasteiger partial charge in [0.1, 0.15) is 17.2 Å². The highest BCUT2D eigenvalue weighted by Crippen LogP contribution is 2.16. The van der Waals surface area contributed by atoms with E-state index >= 15 is 0 Å². The summed E-state index contributed by atoms with van der Waals surface area (Å²) in [6, 6.07) is 9.67. The number of likely N-dealkylation sites (N-methyl/N-ethyl adjacent to an activating group) is 1. The summed E-state index contributed by atoms with van der Waals surface area (Å²) >= 11 is 0. The van der Waals surface area contributed by atoms with E-state index in [9.17, 15) is 18.4 Å². The predicted octanol–water partition coefficient (Wildman–Crippen LogP) is 2.51. The third kappa shape index (κ3) is 3.66. The van der Waals surface area contributed by atoms with Gasteiger partial charge in [-0.3, -0.25) is 9.59 Å². The number of rotatable bonds is 4. The Hall–Kier alpha value is -2.76. The highest BCUT2D eigenvalue weighted by Gasteiger charge is 2.17. The standard InChI is InChI=1S/C16H14F2N2O2/c1-19-14(21)9-10-5-7-11(8-6-10)20-16(22)15-12(17)3-2-4-13(15)18/h2-8H,9H2,1H3,(H,19,21)(H,20,22). The van der Waals surface area contributed by atoms with E-state index in [-0.39, 0.29) is 12.3 Å². The van der Waals surface area contributed by atoms with Crippen molar-refractivity contribution < 1.29 is 18.4 Å². The average molecular weight is 304 g/mol. The Morgan fingerprint density at radius 3 is 2.14 bits per heavy atom. The minimum Gasteiger partial charge on any atom is -0.359 e. The van der Waals surface area contributed by atoms with E-state index in [1.165, 1.54) is 6.07 Å². The molecule has 0 saturated carbocycles. The summed E-state index contributed by atoms with van der Waals surface area (Å²) in [4.78, 5) is 23.1. The molecule has 0 radical (unpaired) electrons. The fourth-order valence-corrected chi connectivity index (χ4v) is 1.89. The Balaban J connectivity index is 2.11. The normalized spacial score (nSPS) is 10.1. The van der Waals surface area contributed by atoms with Crippen molar-refractivity contribution in [2.75, 3.05) is 12.4 Å². The third-order valence-electron chi connectivity index (χ3n) is 3.05. The first-order chi connectivity index (χ1) is 10.5. The summed E-state index contributed by atoms with van der Waals surface area (Å²) in [5.74, 6) is -2.85. The quantitative estimate of drug-likeness (QED) is 0.912. The van der Waals surface area contributed by atoms with Gasteiger partial charge in [-0.05, 0) is 29.8 Å². The van der Waals surface area contributed by atoms with Crippen LogP contribution >= 0.6 is 0 Å². The van der Waals surface area contributed by atoms with E-state index in [1.807, 2.05) is 0 Å². The van der Waals surface area contributed by atoms with E-state index in [4.69, 9.17) is 0 Å². The summed E-state index contributed by atoms with van der Waals surface area (Å²) in [5, 5.41) is 4.92. The molecule has 0 spiro atoms. The molecule has 2 rings (SSSR count). The van der Waals surface area contributed by atoms with Crippen LogP contribution in [-0.4, -0.2) is 18.9 Å². The van der Waals surface area contributed by atoms with Gasteiger partial charge in [0.05, 0.1) is 6.42 Å². The molecule has 2 N–H and O–H groups in total. The maximum atomic E-state index is 13.5. The molecule has 0 unspecified atom stereocenters. The summed E-state index contributed by atoms with van der Waals surface area (Å²) < 4.78 is 27.0. The van der Waals surface area contributed by atoms with Gasteiger partial charge in [-0.1, -0.05) is 18.2 Å². The number of anilines is 1. The van der Waals surface area contributed by atoms with Crippen LogP contribution in [0.15, 0.2) is 42.5 Å².